The van der Waals surface area contributed by atoms with E-state index in [-0.39, 0.29) is 16.4 Å². The van der Waals surface area contributed by atoms with Crippen LogP contribution in [0.15, 0.2) is 22.7 Å². The maximum absolute atomic E-state index is 13.3. The number of rotatable bonds is 4. The Balaban J connectivity index is 2.00. The minimum atomic E-state index is -0.410. The molecule has 0 heterocycles. The monoisotopic (exact) mass is 299 g/mol. The summed E-state index contributed by atoms with van der Waals surface area (Å²) in [5.74, 6) is 0.137. The van der Waals surface area contributed by atoms with Crippen LogP contribution in [0, 0.1) is 11.7 Å². The summed E-state index contributed by atoms with van der Waals surface area (Å²) in [5, 5.41) is 2.90. The highest BCUT2D eigenvalue weighted by molar-refractivity contribution is 9.10. The van der Waals surface area contributed by atoms with Crippen LogP contribution < -0.4 is 5.32 Å². The highest BCUT2D eigenvalue weighted by Crippen LogP contribution is 2.33. The Hall–Kier alpha value is -0.900. The number of amides is 1. The molecular formula is C13H15BrFNO. The lowest BCUT2D eigenvalue weighted by atomic mass is 10.1. The van der Waals surface area contributed by atoms with Gasteiger partial charge in [0.2, 0.25) is 0 Å². The maximum atomic E-state index is 13.3. The number of benzene rings is 1. The fourth-order valence-corrected chi connectivity index (χ4v) is 2.34. The topological polar surface area (TPSA) is 29.1 Å². The molecule has 0 saturated heterocycles. The zero-order valence-corrected chi connectivity index (χ0v) is 11.3. The molecule has 92 valence electrons. The number of carbonyl (C=O) groups is 1. The van der Waals surface area contributed by atoms with Crippen molar-refractivity contribution in [2.75, 3.05) is 0 Å². The molecule has 17 heavy (non-hydrogen) atoms. The molecule has 1 amide bonds. The van der Waals surface area contributed by atoms with Gasteiger partial charge >= 0.3 is 0 Å². The minimum Gasteiger partial charge on any atom is -0.350 e. The molecule has 4 heteroatoms. The first-order chi connectivity index (χ1) is 8.08. The van der Waals surface area contributed by atoms with Gasteiger partial charge in [-0.2, -0.15) is 0 Å². The number of hydrogen-bond acceptors (Lipinski definition) is 1. The molecule has 1 saturated carbocycles. The summed E-state index contributed by atoms with van der Waals surface area (Å²) in [4.78, 5) is 11.9. The number of nitrogens with one attached hydrogen (secondary N) is 1. The third-order valence-corrected chi connectivity index (χ3v) is 3.76. The molecule has 1 atom stereocenters. The van der Waals surface area contributed by atoms with E-state index in [4.69, 9.17) is 0 Å². The van der Waals surface area contributed by atoms with E-state index >= 15 is 0 Å². The SMILES string of the molecule is CC(CC1CC1)NC(=O)c1cccc(F)c1Br. The minimum absolute atomic E-state index is 0.144. The molecule has 2 rings (SSSR count). The van der Waals surface area contributed by atoms with Gasteiger partial charge in [0.05, 0.1) is 10.0 Å². The second kappa shape index (κ2) is 5.17. The first-order valence-electron chi connectivity index (χ1n) is 5.83. The molecule has 1 unspecified atom stereocenters. The first kappa shape index (κ1) is 12.6. The Kier molecular flexibility index (Phi) is 3.82. The number of hydrogen-bond donors (Lipinski definition) is 1. The van der Waals surface area contributed by atoms with Gasteiger partial charge in [-0.15, -0.1) is 0 Å². The molecule has 0 aromatic heterocycles. The highest BCUT2D eigenvalue weighted by Gasteiger charge is 2.24. The molecule has 0 radical (unpaired) electrons. The lowest BCUT2D eigenvalue weighted by Gasteiger charge is -2.14. The molecule has 2 nitrogen and oxygen atoms in total. The van der Waals surface area contributed by atoms with Gasteiger partial charge in [0.25, 0.3) is 5.91 Å². The number of halogens is 2. The summed E-state index contributed by atoms with van der Waals surface area (Å²) < 4.78 is 13.5. The van der Waals surface area contributed by atoms with Crippen molar-refractivity contribution in [1.29, 1.82) is 0 Å². The van der Waals surface area contributed by atoms with Gasteiger partial charge in [-0.05, 0) is 47.3 Å². The van der Waals surface area contributed by atoms with Gasteiger partial charge in [0.15, 0.2) is 0 Å². The molecule has 1 N–H and O–H groups in total. The quantitative estimate of drug-likeness (QED) is 0.906. The van der Waals surface area contributed by atoms with Crippen LogP contribution in [0.4, 0.5) is 4.39 Å². The van der Waals surface area contributed by atoms with Crippen molar-refractivity contribution in [3.05, 3.63) is 34.1 Å². The Bertz CT molecular complexity index is 431. The van der Waals surface area contributed by atoms with Gasteiger partial charge in [0.1, 0.15) is 5.82 Å². The lowest BCUT2D eigenvalue weighted by Crippen LogP contribution is -2.33. The highest BCUT2D eigenvalue weighted by atomic mass is 79.9. The molecule has 1 aliphatic rings. The summed E-state index contributed by atoms with van der Waals surface area (Å²) in [5.41, 5.74) is 0.354. The van der Waals surface area contributed by atoms with Crippen molar-refractivity contribution >= 4 is 21.8 Å². The van der Waals surface area contributed by atoms with E-state index in [2.05, 4.69) is 21.2 Å². The van der Waals surface area contributed by atoms with Crippen LogP contribution in [0.5, 0.6) is 0 Å². The van der Waals surface area contributed by atoms with Crippen molar-refractivity contribution in [1.82, 2.24) is 5.32 Å². The smallest absolute Gasteiger partial charge is 0.252 e. The van der Waals surface area contributed by atoms with Gasteiger partial charge in [-0.3, -0.25) is 4.79 Å². The summed E-state index contributed by atoms with van der Waals surface area (Å²) in [6.45, 7) is 1.99. The number of carbonyl (C=O) groups excluding carboxylic acids is 1. The van der Waals surface area contributed by atoms with E-state index in [1.54, 1.807) is 12.1 Å². The zero-order valence-electron chi connectivity index (χ0n) is 9.67. The average Bonchev–Trinajstić information content (AvgIpc) is 3.05. The first-order valence-corrected chi connectivity index (χ1v) is 6.62. The standard InChI is InChI=1S/C13H15BrFNO/c1-8(7-9-5-6-9)16-13(17)10-3-2-4-11(15)12(10)14/h2-4,8-9H,5-7H2,1H3,(H,16,17). The second-order valence-corrected chi connectivity index (χ2v) is 5.45. The van der Waals surface area contributed by atoms with Crippen molar-refractivity contribution in [3.63, 3.8) is 0 Å². The molecular weight excluding hydrogens is 285 g/mol. The summed E-state index contributed by atoms with van der Waals surface area (Å²) in [7, 11) is 0. The lowest BCUT2D eigenvalue weighted by molar-refractivity contribution is 0.0936. The predicted molar refractivity (Wildman–Crippen MR) is 68.4 cm³/mol. The van der Waals surface area contributed by atoms with Crippen LogP contribution in [0.1, 0.15) is 36.5 Å². The van der Waals surface area contributed by atoms with E-state index < -0.39 is 5.82 Å². The van der Waals surface area contributed by atoms with Crippen LogP contribution in [-0.2, 0) is 0 Å². The predicted octanol–water partition coefficient (Wildman–Crippen LogP) is 3.51. The van der Waals surface area contributed by atoms with Crippen LogP contribution in [0.2, 0.25) is 0 Å². The van der Waals surface area contributed by atoms with Crippen molar-refractivity contribution in [3.8, 4) is 0 Å². The average molecular weight is 300 g/mol. The Morgan fingerprint density at radius 2 is 2.29 bits per heavy atom. The fourth-order valence-electron chi connectivity index (χ4n) is 1.89. The van der Waals surface area contributed by atoms with Gasteiger partial charge in [-0.25, -0.2) is 4.39 Å². The third kappa shape index (κ3) is 3.28. The summed E-state index contributed by atoms with van der Waals surface area (Å²) in [6, 6.07) is 4.63. The van der Waals surface area contributed by atoms with E-state index in [9.17, 15) is 9.18 Å². The van der Waals surface area contributed by atoms with E-state index in [1.165, 1.54) is 18.9 Å². The molecule has 1 aliphatic carbocycles. The normalized spacial score (nSPS) is 16.6. The van der Waals surface area contributed by atoms with Crippen LogP contribution in [0.25, 0.3) is 0 Å². The van der Waals surface area contributed by atoms with Crippen molar-refractivity contribution in [2.24, 2.45) is 5.92 Å². The Morgan fingerprint density at radius 1 is 1.59 bits per heavy atom. The fraction of sp³-hybridized carbons (Fsp3) is 0.462. The molecule has 0 bridgehead atoms. The van der Waals surface area contributed by atoms with E-state index in [0.29, 0.717) is 5.56 Å². The van der Waals surface area contributed by atoms with E-state index in [0.717, 1.165) is 12.3 Å². The van der Waals surface area contributed by atoms with Gasteiger partial charge in [0, 0.05) is 6.04 Å². The van der Waals surface area contributed by atoms with Crippen LogP contribution in [-0.4, -0.2) is 11.9 Å². The summed E-state index contributed by atoms with van der Waals surface area (Å²) in [6.07, 6.45) is 3.55. The second-order valence-electron chi connectivity index (χ2n) is 4.65. The maximum Gasteiger partial charge on any atom is 0.252 e. The van der Waals surface area contributed by atoms with Crippen LogP contribution >= 0.6 is 15.9 Å². The van der Waals surface area contributed by atoms with Crippen molar-refractivity contribution < 1.29 is 9.18 Å². The third-order valence-electron chi connectivity index (χ3n) is 2.96. The van der Waals surface area contributed by atoms with Gasteiger partial charge < -0.3 is 5.32 Å². The molecule has 1 fully saturated rings. The Morgan fingerprint density at radius 3 is 2.94 bits per heavy atom. The molecule has 1 aromatic rings. The van der Waals surface area contributed by atoms with Crippen LogP contribution in [0.3, 0.4) is 0 Å². The van der Waals surface area contributed by atoms with Gasteiger partial charge in [-0.1, -0.05) is 18.9 Å². The molecule has 0 spiro atoms. The van der Waals surface area contributed by atoms with E-state index in [1.807, 2.05) is 6.92 Å². The Labute approximate surface area is 109 Å². The largest absolute Gasteiger partial charge is 0.350 e. The zero-order chi connectivity index (χ0) is 12.4. The molecule has 0 aliphatic heterocycles. The molecule has 1 aromatic carbocycles. The van der Waals surface area contributed by atoms with Crippen molar-refractivity contribution in [2.45, 2.75) is 32.2 Å². The summed E-state index contributed by atoms with van der Waals surface area (Å²) >= 11 is 3.10.